The summed E-state index contributed by atoms with van der Waals surface area (Å²) < 4.78 is 5.74. The van der Waals surface area contributed by atoms with Gasteiger partial charge in [-0.3, -0.25) is 4.90 Å². The first-order chi connectivity index (χ1) is 10.6. The molecule has 0 unspecified atom stereocenters. The summed E-state index contributed by atoms with van der Waals surface area (Å²) in [6, 6.07) is 9.35. The van der Waals surface area contributed by atoms with E-state index in [1.165, 1.54) is 24.8 Å². The van der Waals surface area contributed by atoms with Crippen molar-refractivity contribution in [2.75, 3.05) is 13.2 Å². The van der Waals surface area contributed by atoms with Crippen molar-refractivity contribution in [3.8, 4) is 5.75 Å². The standard InChI is InChI=1S/C19H31NO2/c1-4-6-17-9-11-19(12-10-17)22-14-18(21)13-20-15(2)7-5-8-16(20)3/h9-12,15-16,18,21H,4-8,13-14H2,1-3H3/t15-,16-,18-/m1/s1. The molecule has 1 saturated heterocycles. The number of aliphatic hydroxyl groups is 1. The summed E-state index contributed by atoms with van der Waals surface area (Å²) in [5.74, 6) is 0.846. The van der Waals surface area contributed by atoms with E-state index in [0.717, 1.165) is 18.6 Å². The third kappa shape index (κ3) is 4.99. The van der Waals surface area contributed by atoms with Crippen molar-refractivity contribution in [1.82, 2.24) is 4.90 Å². The van der Waals surface area contributed by atoms with E-state index < -0.39 is 6.10 Å². The normalized spacial score (nSPS) is 24.2. The molecule has 22 heavy (non-hydrogen) atoms. The number of hydrogen-bond acceptors (Lipinski definition) is 3. The molecule has 3 nitrogen and oxygen atoms in total. The average Bonchev–Trinajstić information content (AvgIpc) is 2.51. The zero-order valence-corrected chi connectivity index (χ0v) is 14.3. The minimum atomic E-state index is -0.432. The van der Waals surface area contributed by atoms with Gasteiger partial charge in [0.2, 0.25) is 0 Å². The summed E-state index contributed by atoms with van der Waals surface area (Å²) in [7, 11) is 0. The van der Waals surface area contributed by atoms with E-state index >= 15 is 0 Å². The second-order valence-corrected chi connectivity index (χ2v) is 6.68. The molecule has 1 aliphatic rings. The second kappa shape index (κ2) is 8.54. The van der Waals surface area contributed by atoms with Crippen LogP contribution in [-0.4, -0.2) is 41.3 Å². The summed E-state index contributed by atoms with van der Waals surface area (Å²) in [6.45, 7) is 7.77. The van der Waals surface area contributed by atoms with E-state index in [1.54, 1.807) is 0 Å². The summed E-state index contributed by atoms with van der Waals surface area (Å²) in [5, 5.41) is 10.3. The highest BCUT2D eigenvalue weighted by Crippen LogP contribution is 2.22. The number of benzene rings is 1. The maximum absolute atomic E-state index is 10.3. The van der Waals surface area contributed by atoms with Gasteiger partial charge in [0.15, 0.2) is 0 Å². The number of likely N-dealkylation sites (tertiary alicyclic amines) is 1. The van der Waals surface area contributed by atoms with Gasteiger partial charge >= 0.3 is 0 Å². The molecule has 0 bridgehead atoms. The number of nitrogens with zero attached hydrogens (tertiary/aromatic N) is 1. The summed E-state index contributed by atoms with van der Waals surface area (Å²) in [4.78, 5) is 2.42. The molecule has 0 spiro atoms. The van der Waals surface area contributed by atoms with Gasteiger partial charge in [-0.05, 0) is 50.8 Å². The van der Waals surface area contributed by atoms with Crippen molar-refractivity contribution in [1.29, 1.82) is 0 Å². The Labute approximate surface area is 135 Å². The van der Waals surface area contributed by atoms with E-state index in [2.05, 4.69) is 37.8 Å². The van der Waals surface area contributed by atoms with Crippen LogP contribution in [-0.2, 0) is 6.42 Å². The van der Waals surface area contributed by atoms with Crippen LogP contribution in [0.15, 0.2) is 24.3 Å². The van der Waals surface area contributed by atoms with Gasteiger partial charge in [0, 0.05) is 18.6 Å². The van der Waals surface area contributed by atoms with Crippen molar-refractivity contribution in [2.45, 2.75) is 71.1 Å². The lowest BCUT2D eigenvalue weighted by atomic mass is 9.97. The third-order valence-electron chi connectivity index (χ3n) is 4.70. The van der Waals surface area contributed by atoms with Crippen molar-refractivity contribution >= 4 is 0 Å². The van der Waals surface area contributed by atoms with Crippen LogP contribution in [0.5, 0.6) is 5.75 Å². The number of rotatable bonds is 7. The predicted molar refractivity (Wildman–Crippen MR) is 91.4 cm³/mol. The lowest BCUT2D eigenvalue weighted by Gasteiger charge is -2.40. The fourth-order valence-electron chi connectivity index (χ4n) is 3.36. The van der Waals surface area contributed by atoms with Crippen LogP contribution in [0.1, 0.15) is 52.0 Å². The lowest BCUT2D eigenvalue weighted by molar-refractivity contribution is 0.0209. The Morgan fingerprint density at radius 3 is 2.41 bits per heavy atom. The maximum atomic E-state index is 10.3. The van der Waals surface area contributed by atoms with Gasteiger partial charge in [-0.15, -0.1) is 0 Å². The third-order valence-corrected chi connectivity index (χ3v) is 4.70. The van der Waals surface area contributed by atoms with Gasteiger partial charge in [-0.1, -0.05) is 31.9 Å². The molecule has 1 heterocycles. The van der Waals surface area contributed by atoms with E-state index in [0.29, 0.717) is 25.2 Å². The first-order valence-electron chi connectivity index (χ1n) is 8.75. The predicted octanol–water partition coefficient (Wildman–Crippen LogP) is 3.64. The number of piperidine rings is 1. The molecule has 2 rings (SSSR count). The highest BCUT2D eigenvalue weighted by atomic mass is 16.5. The molecule has 1 fully saturated rings. The SMILES string of the molecule is CCCc1ccc(OC[C@H](O)CN2[C@H](C)CCC[C@H]2C)cc1. The monoisotopic (exact) mass is 305 g/mol. The summed E-state index contributed by atoms with van der Waals surface area (Å²) >= 11 is 0. The first kappa shape index (κ1) is 17.3. The van der Waals surface area contributed by atoms with Gasteiger partial charge in [0.25, 0.3) is 0 Å². The Bertz CT molecular complexity index is 422. The molecule has 0 aromatic heterocycles. The van der Waals surface area contributed by atoms with Crippen molar-refractivity contribution < 1.29 is 9.84 Å². The lowest BCUT2D eigenvalue weighted by Crippen LogP contribution is -2.48. The van der Waals surface area contributed by atoms with Crippen LogP contribution in [0.4, 0.5) is 0 Å². The van der Waals surface area contributed by atoms with E-state index in [1.807, 2.05) is 12.1 Å². The Morgan fingerprint density at radius 1 is 1.18 bits per heavy atom. The molecule has 1 aliphatic heterocycles. The van der Waals surface area contributed by atoms with Crippen LogP contribution in [0, 0.1) is 0 Å². The Hall–Kier alpha value is -1.06. The number of hydrogen-bond donors (Lipinski definition) is 1. The van der Waals surface area contributed by atoms with Crippen molar-refractivity contribution in [2.24, 2.45) is 0 Å². The van der Waals surface area contributed by atoms with Gasteiger partial charge in [-0.25, -0.2) is 0 Å². The topological polar surface area (TPSA) is 32.7 Å². The molecule has 1 N–H and O–H groups in total. The molecule has 1 aromatic carbocycles. The van der Waals surface area contributed by atoms with Crippen LogP contribution in [0.25, 0.3) is 0 Å². The molecule has 3 heteroatoms. The minimum Gasteiger partial charge on any atom is -0.491 e. The minimum absolute atomic E-state index is 0.364. The van der Waals surface area contributed by atoms with Crippen molar-refractivity contribution in [3.05, 3.63) is 29.8 Å². The smallest absolute Gasteiger partial charge is 0.119 e. The quantitative estimate of drug-likeness (QED) is 0.835. The number of aryl methyl sites for hydroxylation is 1. The van der Waals surface area contributed by atoms with Gasteiger partial charge in [-0.2, -0.15) is 0 Å². The molecule has 0 amide bonds. The van der Waals surface area contributed by atoms with Crippen LogP contribution < -0.4 is 4.74 Å². The van der Waals surface area contributed by atoms with Crippen LogP contribution in [0.2, 0.25) is 0 Å². The first-order valence-corrected chi connectivity index (χ1v) is 8.75. The largest absolute Gasteiger partial charge is 0.491 e. The molecular formula is C19H31NO2. The Balaban J connectivity index is 1.78. The molecule has 0 radical (unpaired) electrons. The zero-order valence-electron chi connectivity index (χ0n) is 14.3. The second-order valence-electron chi connectivity index (χ2n) is 6.68. The van der Waals surface area contributed by atoms with E-state index in [4.69, 9.17) is 4.74 Å². The highest BCUT2D eigenvalue weighted by molar-refractivity contribution is 5.27. The molecule has 3 atom stereocenters. The molecule has 124 valence electrons. The van der Waals surface area contributed by atoms with Gasteiger partial charge in [0.1, 0.15) is 18.5 Å². The Kier molecular flexibility index (Phi) is 6.71. The van der Waals surface area contributed by atoms with Crippen molar-refractivity contribution in [3.63, 3.8) is 0 Å². The summed E-state index contributed by atoms with van der Waals surface area (Å²) in [5.41, 5.74) is 1.34. The van der Waals surface area contributed by atoms with Crippen LogP contribution in [0.3, 0.4) is 0 Å². The highest BCUT2D eigenvalue weighted by Gasteiger charge is 2.26. The molecule has 1 aromatic rings. The molecular weight excluding hydrogens is 274 g/mol. The molecule has 0 aliphatic carbocycles. The number of β-amino-alcohol motifs (C(OH)–C–C–N with tert-alkyl or cyclic N) is 1. The molecule has 0 saturated carbocycles. The fourth-order valence-corrected chi connectivity index (χ4v) is 3.36. The van der Waals surface area contributed by atoms with E-state index in [-0.39, 0.29) is 0 Å². The zero-order chi connectivity index (χ0) is 15.9. The Morgan fingerprint density at radius 2 is 1.82 bits per heavy atom. The summed E-state index contributed by atoms with van der Waals surface area (Å²) in [6.07, 6.45) is 5.60. The number of ether oxygens (including phenoxy) is 1. The number of aliphatic hydroxyl groups excluding tert-OH is 1. The fraction of sp³-hybridized carbons (Fsp3) is 0.684. The van der Waals surface area contributed by atoms with Gasteiger partial charge < -0.3 is 9.84 Å². The van der Waals surface area contributed by atoms with Gasteiger partial charge in [0.05, 0.1) is 0 Å². The van der Waals surface area contributed by atoms with Crippen LogP contribution >= 0.6 is 0 Å². The van der Waals surface area contributed by atoms with E-state index in [9.17, 15) is 5.11 Å². The average molecular weight is 305 g/mol. The maximum Gasteiger partial charge on any atom is 0.119 e.